The number of nitrogens with one attached hydrogen (secondary N) is 1. The summed E-state index contributed by atoms with van der Waals surface area (Å²) >= 11 is 4.30. The number of hydrogen-bond donors (Lipinski definition) is 1. The highest BCUT2D eigenvalue weighted by molar-refractivity contribution is 14.1. The Labute approximate surface area is 150 Å². The van der Waals surface area contributed by atoms with Gasteiger partial charge in [0.2, 0.25) is 0 Å². The van der Waals surface area contributed by atoms with Crippen molar-refractivity contribution in [3.63, 3.8) is 0 Å². The quantitative estimate of drug-likeness (QED) is 0.631. The van der Waals surface area contributed by atoms with Crippen LogP contribution in [-0.4, -0.2) is 20.1 Å². The van der Waals surface area contributed by atoms with Crippen molar-refractivity contribution in [2.45, 2.75) is 0 Å². The second kappa shape index (κ2) is 7.30. The van der Waals surface area contributed by atoms with Crippen molar-refractivity contribution in [2.24, 2.45) is 0 Å². The molecule has 0 saturated carbocycles. The Morgan fingerprint density at radius 1 is 1.05 bits per heavy atom. The number of carbonyl (C=O) groups is 1. The number of para-hydroxylation sites is 1. The molecule has 2 rings (SSSR count). The lowest BCUT2D eigenvalue weighted by Gasteiger charge is -2.12. The SMILES string of the molecule is COc1cc(C(=O)Nc2ccccc2I)cc(I)c1OC. The molecule has 4 nitrogen and oxygen atoms in total. The van der Waals surface area contributed by atoms with Crippen LogP contribution in [-0.2, 0) is 0 Å². The number of methoxy groups -OCH3 is 2. The highest BCUT2D eigenvalue weighted by Gasteiger charge is 2.15. The lowest BCUT2D eigenvalue weighted by Crippen LogP contribution is -2.13. The maximum absolute atomic E-state index is 12.4. The predicted molar refractivity (Wildman–Crippen MR) is 99.4 cm³/mol. The average Bonchev–Trinajstić information content (AvgIpc) is 2.48. The minimum Gasteiger partial charge on any atom is -0.493 e. The summed E-state index contributed by atoms with van der Waals surface area (Å²) in [4.78, 5) is 12.4. The molecule has 0 fully saturated rings. The van der Waals surface area contributed by atoms with Gasteiger partial charge in [-0.3, -0.25) is 4.79 Å². The number of halogens is 2. The third-order valence-electron chi connectivity index (χ3n) is 2.82. The van der Waals surface area contributed by atoms with Gasteiger partial charge in [-0.2, -0.15) is 0 Å². The van der Waals surface area contributed by atoms with Crippen molar-refractivity contribution in [2.75, 3.05) is 19.5 Å². The van der Waals surface area contributed by atoms with Crippen molar-refractivity contribution < 1.29 is 14.3 Å². The molecule has 0 saturated heterocycles. The highest BCUT2D eigenvalue weighted by atomic mass is 127. The van der Waals surface area contributed by atoms with Crippen molar-refractivity contribution in [1.29, 1.82) is 0 Å². The summed E-state index contributed by atoms with van der Waals surface area (Å²) in [6.45, 7) is 0. The minimum atomic E-state index is -0.182. The normalized spacial score (nSPS) is 10.1. The molecule has 1 amide bonds. The zero-order valence-electron chi connectivity index (χ0n) is 11.4. The number of ether oxygens (including phenoxy) is 2. The predicted octanol–water partition coefficient (Wildman–Crippen LogP) is 4.17. The summed E-state index contributed by atoms with van der Waals surface area (Å²) in [7, 11) is 3.13. The van der Waals surface area contributed by atoms with E-state index in [2.05, 4.69) is 50.5 Å². The molecule has 110 valence electrons. The van der Waals surface area contributed by atoms with Gasteiger partial charge in [0.05, 0.1) is 23.5 Å². The fraction of sp³-hybridized carbons (Fsp3) is 0.133. The maximum atomic E-state index is 12.4. The second-order valence-electron chi connectivity index (χ2n) is 4.13. The Morgan fingerprint density at radius 2 is 1.76 bits per heavy atom. The van der Waals surface area contributed by atoms with E-state index in [0.717, 1.165) is 12.8 Å². The van der Waals surface area contributed by atoms with Gasteiger partial charge in [-0.25, -0.2) is 0 Å². The molecule has 6 heteroatoms. The molecular formula is C15H13I2NO3. The summed E-state index contributed by atoms with van der Waals surface area (Å²) in [5.41, 5.74) is 1.31. The van der Waals surface area contributed by atoms with E-state index in [1.54, 1.807) is 26.4 Å². The molecule has 0 unspecified atom stereocenters. The van der Waals surface area contributed by atoms with E-state index in [-0.39, 0.29) is 5.91 Å². The lowest BCUT2D eigenvalue weighted by atomic mass is 10.2. The number of rotatable bonds is 4. The van der Waals surface area contributed by atoms with E-state index in [4.69, 9.17) is 9.47 Å². The van der Waals surface area contributed by atoms with E-state index < -0.39 is 0 Å². The van der Waals surface area contributed by atoms with Gasteiger partial charge in [-0.1, -0.05) is 12.1 Å². The van der Waals surface area contributed by atoms with Gasteiger partial charge in [0.1, 0.15) is 0 Å². The highest BCUT2D eigenvalue weighted by Crippen LogP contribution is 2.33. The van der Waals surface area contributed by atoms with Gasteiger partial charge in [0, 0.05) is 9.13 Å². The van der Waals surface area contributed by atoms with Crippen molar-refractivity contribution in [3.8, 4) is 11.5 Å². The molecule has 0 aromatic heterocycles. The first kappa shape index (κ1) is 16.3. The zero-order chi connectivity index (χ0) is 15.4. The number of hydrogen-bond acceptors (Lipinski definition) is 3. The molecule has 0 heterocycles. The monoisotopic (exact) mass is 509 g/mol. The smallest absolute Gasteiger partial charge is 0.255 e. The number of carbonyl (C=O) groups excluding carboxylic acids is 1. The molecule has 2 aromatic rings. The van der Waals surface area contributed by atoms with E-state index in [1.807, 2.05) is 24.3 Å². The maximum Gasteiger partial charge on any atom is 0.255 e. The van der Waals surface area contributed by atoms with Gasteiger partial charge in [-0.05, 0) is 69.4 Å². The van der Waals surface area contributed by atoms with Crippen LogP contribution in [0.2, 0.25) is 0 Å². The van der Waals surface area contributed by atoms with Crippen molar-refractivity contribution in [1.82, 2.24) is 0 Å². The Kier molecular flexibility index (Phi) is 5.68. The average molecular weight is 509 g/mol. The first-order chi connectivity index (χ1) is 10.1. The zero-order valence-corrected chi connectivity index (χ0v) is 15.8. The Bertz CT molecular complexity index is 674. The summed E-state index contributed by atoms with van der Waals surface area (Å²) < 4.78 is 12.4. The van der Waals surface area contributed by atoms with Crippen LogP contribution in [0.4, 0.5) is 5.69 Å². The molecule has 2 aromatic carbocycles. The van der Waals surface area contributed by atoms with Crippen molar-refractivity contribution in [3.05, 3.63) is 49.1 Å². The molecule has 0 aliphatic heterocycles. The molecule has 1 N–H and O–H groups in total. The third-order valence-corrected chi connectivity index (χ3v) is 4.56. The molecule has 0 radical (unpaired) electrons. The van der Waals surface area contributed by atoms with Crippen LogP contribution in [0.25, 0.3) is 0 Å². The van der Waals surface area contributed by atoms with Crippen molar-refractivity contribution >= 4 is 56.8 Å². The van der Waals surface area contributed by atoms with E-state index in [9.17, 15) is 4.79 Å². The summed E-state index contributed by atoms with van der Waals surface area (Å²) in [6.07, 6.45) is 0. The van der Waals surface area contributed by atoms with Gasteiger partial charge < -0.3 is 14.8 Å². The van der Waals surface area contributed by atoms with E-state index in [1.165, 1.54) is 0 Å². The standard InChI is InChI=1S/C15H13I2NO3/c1-20-13-8-9(7-11(17)14(13)21-2)15(19)18-12-6-4-3-5-10(12)16/h3-8H,1-2H3,(H,18,19). The van der Waals surface area contributed by atoms with Crippen LogP contribution in [0.5, 0.6) is 11.5 Å². The first-order valence-corrected chi connectivity index (χ1v) is 8.20. The minimum absolute atomic E-state index is 0.182. The topological polar surface area (TPSA) is 47.6 Å². The Balaban J connectivity index is 2.32. The van der Waals surface area contributed by atoms with E-state index >= 15 is 0 Å². The van der Waals surface area contributed by atoms with Gasteiger partial charge in [0.15, 0.2) is 11.5 Å². The van der Waals surface area contributed by atoms with Crippen LogP contribution in [0, 0.1) is 7.14 Å². The van der Waals surface area contributed by atoms with Gasteiger partial charge in [-0.15, -0.1) is 0 Å². The molecular weight excluding hydrogens is 496 g/mol. The summed E-state index contributed by atoms with van der Waals surface area (Å²) in [5, 5.41) is 2.90. The number of amides is 1. The second-order valence-corrected chi connectivity index (χ2v) is 6.45. The van der Waals surface area contributed by atoms with Gasteiger partial charge in [0.25, 0.3) is 5.91 Å². The Hall–Kier alpha value is -1.03. The first-order valence-electron chi connectivity index (χ1n) is 6.04. The summed E-state index contributed by atoms with van der Waals surface area (Å²) in [5.74, 6) is 0.985. The molecule has 0 aliphatic carbocycles. The molecule has 0 atom stereocenters. The Morgan fingerprint density at radius 3 is 2.38 bits per heavy atom. The fourth-order valence-electron chi connectivity index (χ4n) is 1.81. The largest absolute Gasteiger partial charge is 0.493 e. The lowest BCUT2D eigenvalue weighted by molar-refractivity contribution is 0.102. The van der Waals surface area contributed by atoms with Crippen LogP contribution in [0.3, 0.4) is 0 Å². The molecule has 21 heavy (non-hydrogen) atoms. The number of anilines is 1. The third kappa shape index (κ3) is 3.79. The molecule has 0 aliphatic rings. The van der Waals surface area contributed by atoms with E-state index in [0.29, 0.717) is 17.1 Å². The van der Waals surface area contributed by atoms with Crippen LogP contribution >= 0.6 is 45.2 Å². The van der Waals surface area contributed by atoms with Crippen LogP contribution in [0.1, 0.15) is 10.4 Å². The summed E-state index contributed by atoms with van der Waals surface area (Å²) in [6, 6.07) is 11.1. The van der Waals surface area contributed by atoms with Crippen LogP contribution in [0.15, 0.2) is 36.4 Å². The van der Waals surface area contributed by atoms with Gasteiger partial charge >= 0.3 is 0 Å². The fourth-order valence-corrected chi connectivity index (χ4v) is 3.15. The molecule has 0 spiro atoms. The number of benzene rings is 2. The van der Waals surface area contributed by atoms with Crippen LogP contribution < -0.4 is 14.8 Å². The molecule has 0 bridgehead atoms.